The maximum atomic E-state index is 12.6. The molecule has 21 heavy (non-hydrogen) atoms. The van der Waals surface area contributed by atoms with Gasteiger partial charge in [0, 0.05) is 22.2 Å². The first kappa shape index (κ1) is 16.3. The normalized spacial score (nSPS) is 22.1. The number of amides is 1. The van der Waals surface area contributed by atoms with Crippen LogP contribution in [0.25, 0.3) is 0 Å². The predicted molar refractivity (Wildman–Crippen MR) is 89.3 cm³/mol. The van der Waals surface area contributed by atoms with Crippen LogP contribution in [0.15, 0.2) is 24.3 Å². The van der Waals surface area contributed by atoms with Gasteiger partial charge in [-0.1, -0.05) is 19.4 Å². The molecular weight excluding hydrogens is 381 g/mol. The summed E-state index contributed by atoms with van der Waals surface area (Å²) < 4.78 is 1.01. The molecule has 0 aliphatic carbocycles. The lowest BCUT2D eigenvalue weighted by molar-refractivity contribution is -0.152. The molecule has 1 saturated heterocycles. The highest BCUT2D eigenvalue weighted by atomic mass is 127. The lowest BCUT2D eigenvalue weighted by atomic mass is 9.76. The van der Waals surface area contributed by atoms with Crippen molar-refractivity contribution in [3.63, 3.8) is 0 Å². The van der Waals surface area contributed by atoms with Crippen molar-refractivity contribution >= 4 is 34.5 Å². The minimum absolute atomic E-state index is 0.0602. The van der Waals surface area contributed by atoms with Gasteiger partial charge in [-0.25, -0.2) is 0 Å². The van der Waals surface area contributed by atoms with Gasteiger partial charge >= 0.3 is 5.97 Å². The van der Waals surface area contributed by atoms with E-state index in [0.717, 1.165) is 16.4 Å². The molecule has 0 saturated carbocycles. The molecule has 4 nitrogen and oxygen atoms in total. The molecule has 114 valence electrons. The molecule has 0 radical (unpaired) electrons. The third-order valence-corrected chi connectivity index (χ3v) is 4.79. The molecular formula is C16H20INO3. The lowest BCUT2D eigenvalue weighted by Crippen LogP contribution is -2.49. The van der Waals surface area contributed by atoms with E-state index in [2.05, 4.69) is 22.6 Å². The monoisotopic (exact) mass is 401 g/mol. The Kier molecular flexibility index (Phi) is 5.24. The Hall–Kier alpha value is -1.11. The van der Waals surface area contributed by atoms with Crippen LogP contribution in [0.5, 0.6) is 0 Å². The Morgan fingerprint density at radius 2 is 2.19 bits per heavy atom. The second-order valence-electron chi connectivity index (χ2n) is 5.68. The summed E-state index contributed by atoms with van der Waals surface area (Å²) in [6.07, 6.45) is 2.85. The second-order valence-corrected chi connectivity index (χ2v) is 6.92. The number of likely N-dealkylation sites (tertiary alicyclic amines) is 1. The van der Waals surface area contributed by atoms with Crippen molar-refractivity contribution < 1.29 is 14.7 Å². The molecule has 1 aromatic carbocycles. The van der Waals surface area contributed by atoms with Crippen LogP contribution >= 0.6 is 22.6 Å². The zero-order chi connectivity index (χ0) is 15.5. The number of benzene rings is 1. The van der Waals surface area contributed by atoms with Crippen molar-refractivity contribution in [1.29, 1.82) is 0 Å². The van der Waals surface area contributed by atoms with Crippen LogP contribution < -0.4 is 0 Å². The summed E-state index contributed by atoms with van der Waals surface area (Å²) in [4.78, 5) is 26.0. The van der Waals surface area contributed by atoms with Gasteiger partial charge in [0.05, 0.1) is 5.41 Å². The first-order valence-electron chi connectivity index (χ1n) is 7.27. The van der Waals surface area contributed by atoms with E-state index < -0.39 is 11.4 Å². The number of carbonyl (C=O) groups is 2. The summed E-state index contributed by atoms with van der Waals surface area (Å²) in [6, 6.07) is 7.43. The first-order chi connectivity index (χ1) is 9.98. The van der Waals surface area contributed by atoms with E-state index >= 15 is 0 Å². The van der Waals surface area contributed by atoms with Crippen LogP contribution in [-0.4, -0.2) is 35.0 Å². The van der Waals surface area contributed by atoms with Crippen molar-refractivity contribution in [1.82, 2.24) is 4.90 Å². The van der Waals surface area contributed by atoms with Gasteiger partial charge in [-0.15, -0.1) is 0 Å². The average molecular weight is 401 g/mol. The molecule has 1 aliphatic heterocycles. The molecule has 1 fully saturated rings. The number of nitrogens with zero attached hydrogens (tertiary/aromatic N) is 1. The van der Waals surface area contributed by atoms with Gasteiger partial charge in [0.1, 0.15) is 0 Å². The summed E-state index contributed by atoms with van der Waals surface area (Å²) in [6.45, 7) is 2.95. The van der Waals surface area contributed by atoms with Crippen LogP contribution in [0.3, 0.4) is 0 Å². The Balaban J connectivity index is 2.20. The number of aliphatic carboxylic acids is 1. The Morgan fingerprint density at radius 3 is 2.81 bits per heavy atom. The summed E-state index contributed by atoms with van der Waals surface area (Å²) in [7, 11) is 0. The van der Waals surface area contributed by atoms with Crippen molar-refractivity contribution in [2.75, 3.05) is 13.1 Å². The van der Waals surface area contributed by atoms with Crippen molar-refractivity contribution in [3.05, 3.63) is 33.4 Å². The maximum absolute atomic E-state index is 12.6. The smallest absolute Gasteiger partial charge is 0.311 e. The number of halogens is 1. The highest BCUT2D eigenvalue weighted by Crippen LogP contribution is 2.35. The number of hydrogen-bond acceptors (Lipinski definition) is 2. The summed E-state index contributed by atoms with van der Waals surface area (Å²) in [5.41, 5.74) is -0.135. The fourth-order valence-corrected chi connectivity index (χ4v) is 3.62. The Morgan fingerprint density at radius 1 is 1.43 bits per heavy atom. The van der Waals surface area contributed by atoms with Crippen LogP contribution in [-0.2, 0) is 4.79 Å². The SMILES string of the molecule is CCCC1(C(=O)O)CCCN(C(=O)c2cccc(I)c2)C1. The summed E-state index contributed by atoms with van der Waals surface area (Å²) >= 11 is 2.18. The van der Waals surface area contributed by atoms with Gasteiger partial charge in [-0.3, -0.25) is 9.59 Å². The third kappa shape index (κ3) is 3.56. The van der Waals surface area contributed by atoms with E-state index in [9.17, 15) is 14.7 Å². The van der Waals surface area contributed by atoms with Gasteiger partial charge in [-0.2, -0.15) is 0 Å². The van der Waals surface area contributed by atoms with Gasteiger partial charge in [0.15, 0.2) is 0 Å². The van der Waals surface area contributed by atoms with Crippen molar-refractivity contribution in [2.45, 2.75) is 32.6 Å². The maximum Gasteiger partial charge on any atom is 0.311 e. The molecule has 2 rings (SSSR count). The summed E-state index contributed by atoms with van der Waals surface area (Å²) in [5.74, 6) is -0.834. The fourth-order valence-electron chi connectivity index (χ4n) is 3.07. The number of carboxylic acids is 1. The van der Waals surface area contributed by atoms with Gasteiger partial charge in [0.25, 0.3) is 5.91 Å². The summed E-state index contributed by atoms with van der Waals surface area (Å²) in [5, 5.41) is 9.59. The third-order valence-electron chi connectivity index (χ3n) is 4.12. The predicted octanol–water partition coefficient (Wildman–Crippen LogP) is 3.40. The van der Waals surface area contributed by atoms with E-state index in [-0.39, 0.29) is 5.91 Å². The number of carboxylic acid groups (broad SMARTS) is 1. The van der Waals surface area contributed by atoms with Crippen LogP contribution in [0.4, 0.5) is 0 Å². The lowest BCUT2D eigenvalue weighted by Gasteiger charge is -2.40. The quantitative estimate of drug-likeness (QED) is 0.787. The number of hydrogen-bond donors (Lipinski definition) is 1. The number of rotatable bonds is 4. The van der Waals surface area contributed by atoms with E-state index in [1.807, 2.05) is 25.1 Å². The number of piperidine rings is 1. The average Bonchev–Trinajstić information content (AvgIpc) is 2.47. The molecule has 1 atom stereocenters. The zero-order valence-corrected chi connectivity index (χ0v) is 14.3. The second kappa shape index (κ2) is 6.77. The van der Waals surface area contributed by atoms with Crippen LogP contribution in [0.1, 0.15) is 43.0 Å². The Bertz CT molecular complexity index is 542. The highest BCUT2D eigenvalue weighted by molar-refractivity contribution is 14.1. The molecule has 1 amide bonds. The van der Waals surface area contributed by atoms with Crippen molar-refractivity contribution in [3.8, 4) is 0 Å². The fraction of sp³-hybridized carbons (Fsp3) is 0.500. The van der Waals surface area contributed by atoms with E-state index in [1.54, 1.807) is 11.0 Å². The highest BCUT2D eigenvalue weighted by Gasteiger charge is 2.42. The van der Waals surface area contributed by atoms with Crippen molar-refractivity contribution in [2.24, 2.45) is 5.41 Å². The molecule has 1 aromatic rings. The van der Waals surface area contributed by atoms with E-state index in [1.165, 1.54) is 0 Å². The molecule has 0 aromatic heterocycles. The minimum atomic E-state index is -0.774. The molecule has 0 spiro atoms. The largest absolute Gasteiger partial charge is 0.481 e. The standard InChI is InChI=1S/C16H20INO3/c1-2-7-16(15(20)21)8-4-9-18(11-16)14(19)12-5-3-6-13(17)10-12/h3,5-6,10H,2,4,7-9,11H2,1H3,(H,20,21). The molecule has 1 aliphatic rings. The first-order valence-corrected chi connectivity index (χ1v) is 8.34. The van der Waals surface area contributed by atoms with E-state index in [4.69, 9.17) is 0 Å². The van der Waals surface area contributed by atoms with Crippen LogP contribution in [0.2, 0.25) is 0 Å². The van der Waals surface area contributed by atoms with Gasteiger partial charge in [-0.05, 0) is 60.1 Å². The minimum Gasteiger partial charge on any atom is -0.481 e. The molecule has 1 N–H and O–H groups in total. The number of carbonyl (C=O) groups excluding carboxylic acids is 1. The van der Waals surface area contributed by atoms with Crippen LogP contribution in [0, 0.1) is 8.99 Å². The Labute approximate surface area is 138 Å². The van der Waals surface area contributed by atoms with Gasteiger partial charge in [0.2, 0.25) is 0 Å². The topological polar surface area (TPSA) is 57.6 Å². The molecule has 5 heteroatoms. The zero-order valence-electron chi connectivity index (χ0n) is 12.1. The van der Waals surface area contributed by atoms with E-state index in [0.29, 0.717) is 31.5 Å². The molecule has 1 heterocycles. The molecule has 1 unspecified atom stereocenters. The van der Waals surface area contributed by atoms with Gasteiger partial charge < -0.3 is 10.0 Å². The molecule has 0 bridgehead atoms.